The van der Waals surface area contributed by atoms with Crippen LogP contribution in [0.4, 0.5) is 13.2 Å². The molecule has 0 aliphatic rings. The van der Waals surface area contributed by atoms with Crippen molar-refractivity contribution < 1.29 is 18.0 Å². The summed E-state index contributed by atoms with van der Waals surface area (Å²) >= 11 is 0. The standard InChI is InChI=1S/C23H18F3N3O/c1-16(17-7-3-2-4-8-17)28-22(30)18(15-27)13-20-11-6-12-29(20)21-10-5-9-19(14-21)23(24,25)26/h2-14,16H,1H3,(H,28,30)/b18-13-/t16-/m0/s1. The quantitative estimate of drug-likeness (QED) is 0.460. The zero-order valence-corrected chi connectivity index (χ0v) is 16.0. The van der Waals surface area contributed by atoms with Crippen LogP contribution < -0.4 is 5.32 Å². The van der Waals surface area contributed by atoms with Gasteiger partial charge in [-0.3, -0.25) is 4.79 Å². The summed E-state index contributed by atoms with van der Waals surface area (Å²) in [5, 5.41) is 12.2. The van der Waals surface area contributed by atoms with E-state index in [4.69, 9.17) is 0 Å². The molecule has 2 aromatic carbocycles. The number of alkyl halides is 3. The number of aromatic nitrogens is 1. The molecule has 0 spiro atoms. The Bertz CT molecular complexity index is 1110. The highest BCUT2D eigenvalue weighted by Gasteiger charge is 2.30. The molecular weight excluding hydrogens is 391 g/mol. The van der Waals surface area contributed by atoms with Crippen molar-refractivity contribution >= 4 is 12.0 Å². The highest BCUT2D eigenvalue weighted by molar-refractivity contribution is 6.01. The van der Waals surface area contributed by atoms with Gasteiger partial charge in [0.2, 0.25) is 0 Å². The van der Waals surface area contributed by atoms with Crippen LogP contribution in [0.25, 0.3) is 11.8 Å². The number of hydrogen-bond acceptors (Lipinski definition) is 2. The van der Waals surface area contributed by atoms with Crippen molar-refractivity contribution in [3.05, 3.63) is 95.3 Å². The second kappa shape index (κ2) is 8.70. The third-order valence-electron chi connectivity index (χ3n) is 4.54. The van der Waals surface area contributed by atoms with Crippen molar-refractivity contribution in [2.75, 3.05) is 0 Å². The van der Waals surface area contributed by atoms with Gasteiger partial charge in [0.15, 0.2) is 0 Å². The van der Waals surface area contributed by atoms with Crippen molar-refractivity contribution in [1.82, 2.24) is 9.88 Å². The summed E-state index contributed by atoms with van der Waals surface area (Å²) in [7, 11) is 0. The van der Waals surface area contributed by atoms with Crippen LogP contribution in [0.3, 0.4) is 0 Å². The fourth-order valence-electron chi connectivity index (χ4n) is 2.97. The van der Waals surface area contributed by atoms with Gasteiger partial charge >= 0.3 is 6.18 Å². The van der Waals surface area contributed by atoms with E-state index in [1.54, 1.807) is 25.3 Å². The zero-order valence-electron chi connectivity index (χ0n) is 16.0. The van der Waals surface area contributed by atoms with Gasteiger partial charge in [0.25, 0.3) is 5.91 Å². The molecule has 0 saturated heterocycles. The summed E-state index contributed by atoms with van der Waals surface area (Å²) in [6, 6.07) is 18.9. The molecule has 7 heteroatoms. The van der Waals surface area contributed by atoms with E-state index in [2.05, 4.69) is 5.32 Å². The van der Waals surface area contributed by atoms with Gasteiger partial charge in [0, 0.05) is 17.6 Å². The van der Waals surface area contributed by atoms with E-state index >= 15 is 0 Å². The second-order valence-electron chi connectivity index (χ2n) is 6.63. The highest BCUT2D eigenvalue weighted by Crippen LogP contribution is 2.30. The van der Waals surface area contributed by atoms with Gasteiger partial charge in [-0.1, -0.05) is 36.4 Å². The molecule has 3 rings (SSSR count). The van der Waals surface area contributed by atoms with Crippen molar-refractivity contribution in [2.45, 2.75) is 19.1 Å². The number of benzene rings is 2. The third-order valence-corrected chi connectivity index (χ3v) is 4.54. The molecule has 0 unspecified atom stereocenters. The van der Waals surface area contributed by atoms with E-state index in [-0.39, 0.29) is 17.3 Å². The van der Waals surface area contributed by atoms with Gasteiger partial charge in [0.1, 0.15) is 11.6 Å². The Morgan fingerprint density at radius 1 is 1.10 bits per heavy atom. The Hall–Kier alpha value is -3.79. The summed E-state index contributed by atoms with van der Waals surface area (Å²) in [4.78, 5) is 12.6. The average molecular weight is 409 g/mol. The molecule has 1 atom stereocenters. The second-order valence-corrected chi connectivity index (χ2v) is 6.63. The Morgan fingerprint density at radius 3 is 2.50 bits per heavy atom. The third kappa shape index (κ3) is 4.78. The molecule has 0 fully saturated rings. The number of nitrogens with one attached hydrogen (secondary N) is 1. The monoisotopic (exact) mass is 409 g/mol. The van der Waals surface area contributed by atoms with Crippen LogP contribution in [0.1, 0.15) is 29.8 Å². The van der Waals surface area contributed by atoms with Crippen LogP contribution in [0.2, 0.25) is 0 Å². The first-order chi connectivity index (χ1) is 14.3. The lowest BCUT2D eigenvalue weighted by atomic mass is 10.1. The van der Waals surface area contributed by atoms with E-state index in [0.29, 0.717) is 5.69 Å². The number of halogens is 3. The predicted molar refractivity (Wildman–Crippen MR) is 107 cm³/mol. The molecule has 0 bridgehead atoms. The number of rotatable bonds is 5. The van der Waals surface area contributed by atoms with Gasteiger partial charge in [0.05, 0.1) is 11.6 Å². The van der Waals surface area contributed by atoms with Gasteiger partial charge < -0.3 is 9.88 Å². The molecule has 1 amide bonds. The Labute approximate surface area is 171 Å². The molecule has 30 heavy (non-hydrogen) atoms. The largest absolute Gasteiger partial charge is 0.416 e. The Balaban J connectivity index is 1.87. The van der Waals surface area contributed by atoms with E-state index in [1.807, 2.05) is 36.4 Å². The molecule has 3 aromatic rings. The van der Waals surface area contributed by atoms with Crippen LogP contribution in [0.15, 0.2) is 78.5 Å². The van der Waals surface area contributed by atoms with Crippen molar-refractivity contribution in [3.8, 4) is 11.8 Å². The van der Waals surface area contributed by atoms with Crippen LogP contribution in [0, 0.1) is 11.3 Å². The molecule has 0 aliphatic heterocycles. The molecule has 4 nitrogen and oxygen atoms in total. The van der Waals surface area contributed by atoms with Gasteiger partial charge in [-0.2, -0.15) is 18.4 Å². The molecule has 0 radical (unpaired) electrons. The first-order valence-electron chi connectivity index (χ1n) is 9.12. The lowest BCUT2D eigenvalue weighted by molar-refractivity contribution is -0.137. The smallest absolute Gasteiger partial charge is 0.345 e. The predicted octanol–water partition coefficient (Wildman–Crippen LogP) is 5.28. The number of carbonyl (C=O) groups is 1. The molecule has 1 aromatic heterocycles. The maximum Gasteiger partial charge on any atom is 0.416 e. The minimum absolute atomic E-state index is 0.148. The normalized spacial score (nSPS) is 12.8. The fraction of sp³-hybridized carbons (Fsp3) is 0.130. The summed E-state index contributed by atoms with van der Waals surface area (Å²) in [5.41, 5.74) is 0.642. The van der Waals surface area contributed by atoms with Crippen molar-refractivity contribution in [2.24, 2.45) is 0 Å². The maximum atomic E-state index is 13.0. The summed E-state index contributed by atoms with van der Waals surface area (Å²) in [6.45, 7) is 1.80. The molecule has 0 aliphatic carbocycles. The lowest BCUT2D eigenvalue weighted by Crippen LogP contribution is -2.27. The average Bonchev–Trinajstić information content (AvgIpc) is 3.20. The number of nitrogens with zero attached hydrogens (tertiary/aromatic N) is 2. The summed E-state index contributed by atoms with van der Waals surface area (Å²) < 4.78 is 40.6. The number of hydrogen-bond donors (Lipinski definition) is 1. The van der Waals surface area contributed by atoms with Crippen LogP contribution in [-0.2, 0) is 11.0 Å². The van der Waals surface area contributed by atoms with Crippen LogP contribution in [-0.4, -0.2) is 10.5 Å². The van der Waals surface area contributed by atoms with Crippen LogP contribution >= 0.6 is 0 Å². The highest BCUT2D eigenvalue weighted by atomic mass is 19.4. The van der Waals surface area contributed by atoms with Gasteiger partial charge in [-0.05, 0) is 48.9 Å². The number of carbonyl (C=O) groups excluding carboxylic acids is 1. The SMILES string of the molecule is C[C@H](NC(=O)/C(C#N)=C\c1cccn1-c1cccc(C(F)(F)F)c1)c1ccccc1. The minimum atomic E-state index is -4.47. The molecule has 0 saturated carbocycles. The fourth-order valence-corrected chi connectivity index (χ4v) is 2.97. The van der Waals surface area contributed by atoms with Crippen molar-refractivity contribution in [1.29, 1.82) is 5.26 Å². The first-order valence-corrected chi connectivity index (χ1v) is 9.12. The van der Waals surface area contributed by atoms with Gasteiger partial charge in [-0.25, -0.2) is 0 Å². The first kappa shape index (κ1) is 20.9. The molecular formula is C23H18F3N3O. The number of nitriles is 1. The molecule has 152 valence electrons. The van der Waals surface area contributed by atoms with Crippen molar-refractivity contribution in [3.63, 3.8) is 0 Å². The molecule has 1 heterocycles. The lowest BCUT2D eigenvalue weighted by Gasteiger charge is -2.14. The number of amides is 1. The maximum absolute atomic E-state index is 13.0. The van der Waals surface area contributed by atoms with E-state index < -0.39 is 17.6 Å². The summed E-state index contributed by atoms with van der Waals surface area (Å²) in [5.74, 6) is -0.564. The Morgan fingerprint density at radius 2 is 1.83 bits per heavy atom. The van der Waals surface area contributed by atoms with Gasteiger partial charge in [-0.15, -0.1) is 0 Å². The zero-order chi connectivity index (χ0) is 21.7. The molecule has 1 N–H and O–H groups in total. The minimum Gasteiger partial charge on any atom is -0.345 e. The van der Waals surface area contributed by atoms with E-state index in [0.717, 1.165) is 17.7 Å². The summed E-state index contributed by atoms with van der Waals surface area (Å²) in [6.07, 6.45) is -1.54. The van der Waals surface area contributed by atoms with E-state index in [9.17, 15) is 23.2 Å². The van der Waals surface area contributed by atoms with E-state index in [1.165, 1.54) is 22.8 Å². The topological polar surface area (TPSA) is 57.8 Å². The Kier molecular flexibility index (Phi) is 6.07. The van der Waals surface area contributed by atoms with Crippen LogP contribution in [0.5, 0.6) is 0 Å².